The van der Waals surface area contributed by atoms with Crippen molar-refractivity contribution in [3.05, 3.63) is 0 Å². The Morgan fingerprint density at radius 3 is 2.38 bits per heavy atom. The standard InChI is InChI=1S/C14H18O2/c15-13(7-4-2-1-3-5-7)12-9-6-8-10(12)11(8)14(9)16/h7-12H,1-6H2. The van der Waals surface area contributed by atoms with Gasteiger partial charge in [0, 0.05) is 23.7 Å². The number of carbonyl (C=O) groups excluding carboxylic acids is 2. The Kier molecular flexibility index (Phi) is 1.74. The van der Waals surface area contributed by atoms with Gasteiger partial charge in [-0.25, -0.2) is 0 Å². The summed E-state index contributed by atoms with van der Waals surface area (Å²) in [5.41, 5.74) is 0. The van der Waals surface area contributed by atoms with Crippen molar-refractivity contribution in [1.29, 1.82) is 0 Å². The number of ketones is 2. The highest BCUT2D eigenvalue weighted by molar-refractivity contribution is 6.01. The SMILES string of the molecule is O=C(C1CCCCC1)C1C2CC3C(C2=O)C31. The van der Waals surface area contributed by atoms with Gasteiger partial charge >= 0.3 is 0 Å². The molecule has 0 N–H and O–H groups in total. The highest BCUT2D eigenvalue weighted by Crippen LogP contribution is 2.71. The van der Waals surface area contributed by atoms with Crippen molar-refractivity contribution < 1.29 is 9.59 Å². The fourth-order valence-corrected chi connectivity index (χ4v) is 4.89. The molecule has 4 bridgehead atoms. The van der Waals surface area contributed by atoms with Gasteiger partial charge in [0.25, 0.3) is 0 Å². The van der Waals surface area contributed by atoms with Crippen LogP contribution in [-0.4, -0.2) is 11.6 Å². The van der Waals surface area contributed by atoms with E-state index in [9.17, 15) is 9.59 Å². The number of hydrogen-bond acceptors (Lipinski definition) is 2. The summed E-state index contributed by atoms with van der Waals surface area (Å²) in [7, 11) is 0. The minimum Gasteiger partial charge on any atom is -0.299 e. The van der Waals surface area contributed by atoms with Crippen LogP contribution in [0, 0.1) is 35.5 Å². The van der Waals surface area contributed by atoms with Crippen molar-refractivity contribution in [2.24, 2.45) is 35.5 Å². The van der Waals surface area contributed by atoms with Gasteiger partial charge < -0.3 is 0 Å². The number of Topliss-reactive ketones (excluding diaryl/α,β-unsaturated/α-hetero) is 2. The van der Waals surface area contributed by atoms with Crippen LogP contribution in [0.5, 0.6) is 0 Å². The van der Waals surface area contributed by atoms with Crippen LogP contribution in [0.2, 0.25) is 0 Å². The van der Waals surface area contributed by atoms with Crippen LogP contribution in [0.4, 0.5) is 0 Å². The molecule has 5 aliphatic carbocycles. The monoisotopic (exact) mass is 218 g/mol. The third-order valence-corrected chi connectivity index (χ3v) is 5.63. The highest BCUT2D eigenvalue weighted by Gasteiger charge is 2.75. The maximum atomic E-state index is 12.5. The van der Waals surface area contributed by atoms with E-state index in [0.29, 0.717) is 35.2 Å². The molecule has 5 rings (SSSR count). The lowest BCUT2D eigenvalue weighted by Crippen LogP contribution is -2.29. The fourth-order valence-electron chi connectivity index (χ4n) is 4.89. The molecule has 2 nitrogen and oxygen atoms in total. The fraction of sp³-hybridized carbons (Fsp3) is 0.857. The van der Waals surface area contributed by atoms with E-state index in [1.54, 1.807) is 0 Å². The summed E-state index contributed by atoms with van der Waals surface area (Å²) in [4.78, 5) is 24.3. The van der Waals surface area contributed by atoms with E-state index in [1.807, 2.05) is 0 Å². The first-order chi connectivity index (χ1) is 7.79. The molecule has 0 aromatic carbocycles. The van der Waals surface area contributed by atoms with E-state index < -0.39 is 0 Å². The van der Waals surface area contributed by atoms with E-state index in [-0.39, 0.29) is 11.8 Å². The van der Waals surface area contributed by atoms with Crippen molar-refractivity contribution in [2.75, 3.05) is 0 Å². The minimum absolute atomic E-state index is 0.162. The van der Waals surface area contributed by atoms with E-state index >= 15 is 0 Å². The van der Waals surface area contributed by atoms with Crippen molar-refractivity contribution in [3.63, 3.8) is 0 Å². The molecule has 5 saturated carbocycles. The lowest BCUT2D eigenvalue weighted by Gasteiger charge is -2.24. The molecule has 0 amide bonds. The second kappa shape index (κ2) is 2.96. The van der Waals surface area contributed by atoms with Gasteiger partial charge in [0.2, 0.25) is 0 Å². The average Bonchev–Trinajstić information content (AvgIpc) is 2.62. The Bertz CT molecular complexity index is 367. The summed E-state index contributed by atoms with van der Waals surface area (Å²) in [6.07, 6.45) is 6.98. The molecule has 0 heterocycles. The second-order valence-corrected chi connectivity index (χ2v) is 6.27. The van der Waals surface area contributed by atoms with Crippen LogP contribution in [-0.2, 0) is 9.59 Å². The Morgan fingerprint density at radius 1 is 1.12 bits per heavy atom. The second-order valence-electron chi connectivity index (χ2n) is 6.27. The van der Waals surface area contributed by atoms with Crippen LogP contribution >= 0.6 is 0 Å². The third-order valence-electron chi connectivity index (χ3n) is 5.63. The molecule has 0 aromatic rings. The van der Waals surface area contributed by atoms with Crippen molar-refractivity contribution in [3.8, 4) is 0 Å². The third kappa shape index (κ3) is 0.988. The Hall–Kier alpha value is -0.660. The van der Waals surface area contributed by atoms with E-state index in [1.165, 1.54) is 19.3 Å². The summed E-state index contributed by atoms with van der Waals surface area (Å²) in [6, 6.07) is 0. The summed E-state index contributed by atoms with van der Waals surface area (Å²) in [5.74, 6) is 3.05. The number of carbonyl (C=O) groups is 2. The van der Waals surface area contributed by atoms with E-state index in [4.69, 9.17) is 0 Å². The largest absolute Gasteiger partial charge is 0.299 e. The molecule has 0 aromatic heterocycles. The number of rotatable bonds is 2. The quantitative estimate of drug-likeness (QED) is 0.712. The van der Waals surface area contributed by atoms with Gasteiger partial charge in [-0.05, 0) is 31.1 Å². The molecule has 2 heteroatoms. The minimum atomic E-state index is 0.162. The van der Waals surface area contributed by atoms with Crippen LogP contribution in [0.1, 0.15) is 38.5 Å². The molecule has 16 heavy (non-hydrogen) atoms. The summed E-state index contributed by atoms with van der Waals surface area (Å²) >= 11 is 0. The molecule has 0 spiro atoms. The predicted octanol–water partition coefficient (Wildman–Crippen LogP) is 2.22. The zero-order valence-corrected chi connectivity index (χ0v) is 9.52. The molecule has 5 unspecified atom stereocenters. The van der Waals surface area contributed by atoms with Crippen LogP contribution in [0.3, 0.4) is 0 Å². The first kappa shape index (κ1) is 9.38. The molecule has 5 fully saturated rings. The smallest absolute Gasteiger partial charge is 0.140 e. The van der Waals surface area contributed by atoms with Gasteiger partial charge in [0.05, 0.1) is 0 Å². The zero-order valence-electron chi connectivity index (χ0n) is 9.52. The molecule has 0 radical (unpaired) electrons. The van der Waals surface area contributed by atoms with E-state index in [0.717, 1.165) is 19.3 Å². The molecular weight excluding hydrogens is 200 g/mol. The first-order valence-corrected chi connectivity index (χ1v) is 6.86. The Balaban J connectivity index is 1.55. The van der Waals surface area contributed by atoms with Gasteiger partial charge in [-0.2, -0.15) is 0 Å². The normalized spacial score (nSPS) is 49.8. The number of hydrogen-bond donors (Lipinski definition) is 0. The lowest BCUT2D eigenvalue weighted by molar-refractivity contribution is -0.131. The molecular formula is C14H18O2. The Morgan fingerprint density at radius 2 is 1.88 bits per heavy atom. The maximum Gasteiger partial charge on any atom is 0.140 e. The first-order valence-electron chi connectivity index (χ1n) is 6.86. The van der Waals surface area contributed by atoms with Gasteiger partial charge in [-0.3, -0.25) is 9.59 Å². The van der Waals surface area contributed by atoms with Crippen molar-refractivity contribution in [1.82, 2.24) is 0 Å². The highest BCUT2D eigenvalue weighted by atomic mass is 16.1. The van der Waals surface area contributed by atoms with Gasteiger partial charge in [0.15, 0.2) is 0 Å². The predicted molar refractivity (Wildman–Crippen MR) is 58.7 cm³/mol. The molecule has 86 valence electrons. The topological polar surface area (TPSA) is 34.1 Å². The van der Waals surface area contributed by atoms with E-state index in [2.05, 4.69) is 0 Å². The molecule has 0 saturated heterocycles. The summed E-state index contributed by atoms with van der Waals surface area (Å²) in [5, 5.41) is 0. The van der Waals surface area contributed by atoms with Crippen LogP contribution < -0.4 is 0 Å². The zero-order chi connectivity index (χ0) is 10.9. The maximum absolute atomic E-state index is 12.5. The summed E-state index contributed by atoms with van der Waals surface area (Å²) in [6.45, 7) is 0. The lowest BCUT2D eigenvalue weighted by atomic mass is 9.79. The molecule has 0 aliphatic heterocycles. The van der Waals surface area contributed by atoms with Crippen LogP contribution in [0.25, 0.3) is 0 Å². The van der Waals surface area contributed by atoms with Crippen LogP contribution in [0.15, 0.2) is 0 Å². The molecule has 5 atom stereocenters. The van der Waals surface area contributed by atoms with Crippen molar-refractivity contribution >= 4 is 11.6 Å². The Labute approximate surface area is 95.8 Å². The van der Waals surface area contributed by atoms with Crippen molar-refractivity contribution in [2.45, 2.75) is 38.5 Å². The molecule has 5 aliphatic rings. The summed E-state index contributed by atoms with van der Waals surface area (Å²) < 4.78 is 0. The van der Waals surface area contributed by atoms with Gasteiger partial charge in [-0.1, -0.05) is 19.3 Å². The van der Waals surface area contributed by atoms with Gasteiger partial charge in [-0.15, -0.1) is 0 Å². The van der Waals surface area contributed by atoms with Gasteiger partial charge in [0.1, 0.15) is 11.6 Å². The average molecular weight is 218 g/mol.